The summed E-state index contributed by atoms with van der Waals surface area (Å²) in [6.45, 7) is 5.78. The number of nitrogens with zero attached hydrogens (tertiary/aromatic N) is 3. The van der Waals surface area contributed by atoms with Crippen molar-refractivity contribution in [1.29, 1.82) is 0 Å². The van der Waals surface area contributed by atoms with Crippen LogP contribution >= 0.6 is 11.3 Å². The fourth-order valence-electron chi connectivity index (χ4n) is 1.82. The van der Waals surface area contributed by atoms with Gasteiger partial charge >= 0.3 is 0 Å². The summed E-state index contributed by atoms with van der Waals surface area (Å²) in [5.74, 6) is 0.0487. The summed E-state index contributed by atoms with van der Waals surface area (Å²) in [5, 5.41) is 12.3. The molecule has 100 valence electrons. The van der Waals surface area contributed by atoms with Gasteiger partial charge in [-0.05, 0) is 26.2 Å². The Kier molecular flexibility index (Phi) is 4.52. The highest BCUT2D eigenvalue weighted by Gasteiger charge is 2.33. The van der Waals surface area contributed by atoms with E-state index in [0.717, 1.165) is 43.9 Å². The third kappa shape index (κ3) is 3.19. The molecular weight excluding hydrogens is 248 g/mol. The van der Waals surface area contributed by atoms with E-state index in [-0.39, 0.29) is 5.91 Å². The van der Waals surface area contributed by atoms with Crippen LogP contribution in [0.15, 0.2) is 0 Å². The Morgan fingerprint density at radius 3 is 2.83 bits per heavy atom. The lowest BCUT2D eigenvalue weighted by Gasteiger charge is -2.20. The number of carbonyl (C=O) groups is 1. The van der Waals surface area contributed by atoms with Gasteiger partial charge in [-0.25, -0.2) is 0 Å². The zero-order valence-electron chi connectivity index (χ0n) is 11.0. The molecule has 0 radical (unpaired) electrons. The summed E-state index contributed by atoms with van der Waals surface area (Å²) in [6, 6.07) is 0.440. The van der Waals surface area contributed by atoms with Crippen molar-refractivity contribution < 1.29 is 4.79 Å². The maximum Gasteiger partial charge on any atom is 0.285 e. The van der Waals surface area contributed by atoms with Crippen molar-refractivity contribution in [2.24, 2.45) is 0 Å². The number of rotatable bonds is 7. The second-order valence-corrected chi connectivity index (χ2v) is 5.50. The molecule has 0 bridgehead atoms. The Morgan fingerprint density at radius 1 is 1.44 bits per heavy atom. The summed E-state index contributed by atoms with van der Waals surface area (Å²) in [7, 11) is 0. The first-order chi connectivity index (χ1) is 8.76. The second-order valence-electron chi connectivity index (χ2n) is 4.53. The molecule has 1 aromatic heterocycles. The lowest BCUT2D eigenvalue weighted by molar-refractivity contribution is 0.0739. The molecule has 1 aromatic rings. The molecule has 6 heteroatoms. The number of amides is 1. The maximum absolute atomic E-state index is 12.4. The van der Waals surface area contributed by atoms with E-state index >= 15 is 0 Å². The molecule has 1 aliphatic carbocycles. The van der Waals surface area contributed by atoms with Gasteiger partial charge in [0.1, 0.15) is 0 Å². The number of aromatic nitrogens is 2. The zero-order valence-corrected chi connectivity index (χ0v) is 11.8. The van der Waals surface area contributed by atoms with Crippen LogP contribution in [0.2, 0.25) is 0 Å². The lowest BCUT2D eigenvalue weighted by atomic mass is 10.3. The van der Waals surface area contributed by atoms with Crippen LogP contribution < -0.4 is 5.32 Å². The average molecular weight is 268 g/mol. The van der Waals surface area contributed by atoms with Crippen molar-refractivity contribution >= 4 is 22.4 Å². The van der Waals surface area contributed by atoms with Crippen molar-refractivity contribution in [2.75, 3.05) is 18.4 Å². The Balaban J connectivity index is 2.01. The number of nitrogens with one attached hydrogen (secondary N) is 1. The number of carbonyl (C=O) groups excluding carboxylic acids is 1. The van der Waals surface area contributed by atoms with Gasteiger partial charge in [-0.15, -0.1) is 10.2 Å². The molecule has 1 amide bonds. The van der Waals surface area contributed by atoms with Crippen LogP contribution in [-0.4, -0.2) is 40.1 Å². The average Bonchev–Trinajstić information content (AvgIpc) is 3.09. The number of unbranched alkanes of at least 4 members (excludes halogenated alkanes) is 1. The van der Waals surface area contributed by atoms with E-state index in [1.807, 2.05) is 11.8 Å². The molecule has 1 N–H and O–H groups in total. The molecule has 18 heavy (non-hydrogen) atoms. The van der Waals surface area contributed by atoms with Gasteiger partial charge in [0.2, 0.25) is 10.1 Å². The van der Waals surface area contributed by atoms with Gasteiger partial charge in [-0.2, -0.15) is 0 Å². The first kappa shape index (κ1) is 13.3. The lowest BCUT2D eigenvalue weighted by Crippen LogP contribution is -2.33. The molecule has 0 atom stereocenters. The highest BCUT2D eigenvalue weighted by molar-refractivity contribution is 7.17. The fourth-order valence-corrected chi connectivity index (χ4v) is 2.59. The first-order valence-corrected chi connectivity index (χ1v) is 7.46. The largest absolute Gasteiger partial charge is 0.360 e. The molecule has 1 saturated carbocycles. The number of hydrogen-bond donors (Lipinski definition) is 1. The molecule has 5 nitrogen and oxygen atoms in total. The molecular formula is C12H20N4OS. The topological polar surface area (TPSA) is 58.1 Å². The predicted molar refractivity (Wildman–Crippen MR) is 73.0 cm³/mol. The molecule has 0 aromatic carbocycles. The van der Waals surface area contributed by atoms with Crippen molar-refractivity contribution in [3.8, 4) is 0 Å². The third-order valence-electron chi connectivity index (χ3n) is 2.94. The fraction of sp³-hybridized carbons (Fsp3) is 0.750. The van der Waals surface area contributed by atoms with Crippen molar-refractivity contribution in [2.45, 2.75) is 45.6 Å². The molecule has 0 aliphatic heterocycles. The molecule has 0 saturated heterocycles. The number of anilines is 1. The smallest absolute Gasteiger partial charge is 0.285 e. The van der Waals surface area contributed by atoms with Crippen LogP contribution in [0.5, 0.6) is 0 Å². The van der Waals surface area contributed by atoms with E-state index in [9.17, 15) is 4.79 Å². The normalized spacial score (nSPS) is 14.6. The van der Waals surface area contributed by atoms with Crippen molar-refractivity contribution in [1.82, 2.24) is 15.1 Å². The quantitative estimate of drug-likeness (QED) is 0.825. The predicted octanol–water partition coefficient (Wildman–Crippen LogP) is 2.37. The van der Waals surface area contributed by atoms with Crippen molar-refractivity contribution in [3.63, 3.8) is 0 Å². The molecule has 0 spiro atoms. The van der Waals surface area contributed by atoms with E-state index in [0.29, 0.717) is 11.0 Å². The van der Waals surface area contributed by atoms with Crippen molar-refractivity contribution in [3.05, 3.63) is 5.01 Å². The van der Waals surface area contributed by atoms with Crippen LogP contribution in [0.3, 0.4) is 0 Å². The highest BCUT2D eigenvalue weighted by Crippen LogP contribution is 2.29. The van der Waals surface area contributed by atoms with E-state index in [2.05, 4.69) is 22.4 Å². The molecule has 1 heterocycles. The van der Waals surface area contributed by atoms with Gasteiger partial charge in [0.25, 0.3) is 5.91 Å². The number of hydrogen-bond acceptors (Lipinski definition) is 5. The Bertz CT molecular complexity index is 403. The molecule has 1 aliphatic rings. The third-order valence-corrected chi connectivity index (χ3v) is 3.81. The SMILES string of the molecule is CCCCN(C(=O)c1nnc(NCC)s1)C1CC1. The molecule has 2 rings (SSSR count). The Labute approximate surface area is 112 Å². The minimum atomic E-state index is 0.0487. The van der Waals surface area contributed by atoms with E-state index < -0.39 is 0 Å². The highest BCUT2D eigenvalue weighted by atomic mass is 32.1. The summed E-state index contributed by atoms with van der Waals surface area (Å²) < 4.78 is 0. The van der Waals surface area contributed by atoms with E-state index in [1.54, 1.807) is 0 Å². The summed E-state index contributed by atoms with van der Waals surface area (Å²) in [4.78, 5) is 14.3. The summed E-state index contributed by atoms with van der Waals surface area (Å²) in [6.07, 6.45) is 4.43. The monoisotopic (exact) mass is 268 g/mol. The standard InChI is InChI=1S/C12H20N4OS/c1-3-5-8-16(9-6-7-9)11(17)10-14-15-12(18-10)13-4-2/h9H,3-8H2,1-2H3,(H,13,15). The van der Waals surface area contributed by atoms with E-state index in [1.165, 1.54) is 11.3 Å². The van der Waals surface area contributed by atoms with Crippen LogP contribution in [-0.2, 0) is 0 Å². The minimum absolute atomic E-state index is 0.0487. The maximum atomic E-state index is 12.4. The summed E-state index contributed by atoms with van der Waals surface area (Å²) >= 11 is 1.35. The van der Waals surface area contributed by atoms with Gasteiger partial charge in [0, 0.05) is 19.1 Å². The second kappa shape index (κ2) is 6.13. The van der Waals surface area contributed by atoms with Gasteiger partial charge in [-0.1, -0.05) is 24.7 Å². The van der Waals surface area contributed by atoms with Gasteiger partial charge in [0.15, 0.2) is 0 Å². The molecule has 1 fully saturated rings. The molecule has 0 unspecified atom stereocenters. The first-order valence-electron chi connectivity index (χ1n) is 6.64. The van der Waals surface area contributed by atoms with Crippen LogP contribution in [0.25, 0.3) is 0 Å². The zero-order chi connectivity index (χ0) is 13.0. The van der Waals surface area contributed by atoms with Gasteiger partial charge in [0.05, 0.1) is 0 Å². The van der Waals surface area contributed by atoms with Crippen LogP contribution in [0.1, 0.15) is 49.3 Å². The Morgan fingerprint density at radius 2 is 2.22 bits per heavy atom. The van der Waals surface area contributed by atoms with Crippen LogP contribution in [0.4, 0.5) is 5.13 Å². The van der Waals surface area contributed by atoms with E-state index in [4.69, 9.17) is 0 Å². The van der Waals surface area contributed by atoms with Crippen LogP contribution in [0, 0.1) is 0 Å². The minimum Gasteiger partial charge on any atom is -0.360 e. The van der Waals surface area contributed by atoms with Gasteiger partial charge < -0.3 is 10.2 Å². The summed E-state index contributed by atoms with van der Waals surface area (Å²) in [5.41, 5.74) is 0. The Hall–Kier alpha value is -1.17. The van der Waals surface area contributed by atoms with Gasteiger partial charge in [-0.3, -0.25) is 4.79 Å².